The summed E-state index contributed by atoms with van der Waals surface area (Å²) in [5.74, 6) is -0.328. The fraction of sp³-hybridized carbons (Fsp3) is 0.625. The Bertz CT molecular complexity index is 484. The van der Waals surface area contributed by atoms with Crippen LogP contribution in [0.25, 0.3) is 0 Å². The van der Waals surface area contributed by atoms with Crippen LogP contribution in [0, 0.1) is 17.7 Å². The molecule has 5 heteroatoms. The van der Waals surface area contributed by atoms with E-state index >= 15 is 0 Å². The molecule has 1 saturated carbocycles. The summed E-state index contributed by atoms with van der Waals surface area (Å²) >= 11 is 0. The molecule has 0 radical (unpaired) electrons. The molecule has 1 aromatic rings. The van der Waals surface area contributed by atoms with Gasteiger partial charge in [-0.2, -0.15) is 13.2 Å². The number of benzene rings is 1. The van der Waals surface area contributed by atoms with Crippen LogP contribution in [0.3, 0.4) is 0 Å². The van der Waals surface area contributed by atoms with Crippen LogP contribution in [0.2, 0.25) is 0 Å². The van der Waals surface area contributed by atoms with Crippen LogP contribution in [0.5, 0.6) is 0 Å². The molecule has 1 nitrogen and oxygen atoms in total. The molecule has 1 fully saturated rings. The van der Waals surface area contributed by atoms with E-state index in [0.717, 1.165) is 31.4 Å². The zero-order valence-electron chi connectivity index (χ0n) is 12.3. The number of nitrogens with one attached hydrogen (secondary N) is 1. The Morgan fingerprint density at radius 1 is 1.24 bits per heavy atom. The normalized spacial score (nSPS) is 24.9. The maximum absolute atomic E-state index is 13.4. The Balaban J connectivity index is 2.30. The van der Waals surface area contributed by atoms with E-state index in [4.69, 9.17) is 0 Å². The van der Waals surface area contributed by atoms with Crippen molar-refractivity contribution in [2.45, 2.75) is 44.8 Å². The Labute approximate surface area is 122 Å². The van der Waals surface area contributed by atoms with E-state index < -0.39 is 17.6 Å². The highest BCUT2D eigenvalue weighted by molar-refractivity contribution is 5.30. The van der Waals surface area contributed by atoms with Crippen molar-refractivity contribution in [2.24, 2.45) is 11.8 Å². The highest BCUT2D eigenvalue weighted by Crippen LogP contribution is 2.39. The van der Waals surface area contributed by atoms with Crippen molar-refractivity contribution >= 4 is 0 Å². The first-order chi connectivity index (χ1) is 9.82. The molecule has 1 N–H and O–H groups in total. The average molecular weight is 303 g/mol. The second-order valence-electron chi connectivity index (χ2n) is 6.04. The number of rotatable bonds is 3. The molecule has 21 heavy (non-hydrogen) atoms. The summed E-state index contributed by atoms with van der Waals surface area (Å²) in [6.45, 7) is 2.17. The fourth-order valence-corrected chi connectivity index (χ4v) is 3.41. The van der Waals surface area contributed by atoms with Crippen LogP contribution in [0.1, 0.15) is 49.8 Å². The molecule has 0 aromatic heterocycles. The summed E-state index contributed by atoms with van der Waals surface area (Å²) < 4.78 is 51.9. The zero-order chi connectivity index (χ0) is 15.6. The van der Waals surface area contributed by atoms with Gasteiger partial charge in [-0.05, 0) is 49.4 Å². The van der Waals surface area contributed by atoms with E-state index in [1.54, 1.807) is 7.05 Å². The van der Waals surface area contributed by atoms with E-state index in [9.17, 15) is 17.6 Å². The van der Waals surface area contributed by atoms with Crippen LogP contribution >= 0.6 is 0 Å². The number of hydrogen-bond donors (Lipinski definition) is 1. The number of hydrogen-bond acceptors (Lipinski definition) is 1. The Kier molecular flexibility index (Phi) is 4.91. The molecular formula is C16H21F4N. The maximum Gasteiger partial charge on any atom is 0.419 e. The van der Waals surface area contributed by atoms with Gasteiger partial charge in [-0.15, -0.1) is 0 Å². The Morgan fingerprint density at radius 2 is 1.95 bits per heavy atom. The van der Waals surface area contributed by atoms with Gasteiger partial charge in [-0.25, -0.2) is 4.39 Å². The van der Waals surface area contributed by atoms with Gasteiger partial charge in [0, 0.05) is 6.04 Å². The molecule has 3 unspecified atom stereocenters. The summed E-state index contributed by atoms with van der Waals surface area (Å²) in [5, 5.41) is 3.12. The molecule has 0 spiro atoms. The lowest BCUT2D eigenvalue weighted by Gasteiger charge is -2.33. The maximum atomic E-state index is 13.4. The van der Waals surface area contributed by atoms with Crippen molar-refractivity contribution in [3.8, 4) is 0 Å². The smallest absolute Gasteiger partial charge is 0.313 e. The molecule has 0 heterocycles. The minimum Gasteiger partial charge on any atom is -0.313 e. The van der Waals surface area contributed by atoms with Gasteiger partial charge in [0.2, 0.25) is 0 Å². The molecule has 0 amide bonds. The van der Waals surface area contributed by atoms with Gasteiger partial charge in [0.15, 0.2) is 0 Å². The molecule has 0 aliphatic heterocycles. The molecule has 1 aromatic carbocycles. The van der Waals surface area contributed by atoms with Gasteiger partial charge in [-0.1, -0.05) is 25.8 Å². The van der Waals surface area contributed by atoms with Crippen LogP contribution in [-0.4, -0.2) is 7.05 Å². The van der Waals surface area contributed by atoms with E-state index in [1.807, 2.05) is 0 Å². The molecule has 1 aliphatic carbocycles. The average Bonchev–Trinajstić information content (AvgIpc) is 2.40. The standard InChI is InChI=1S/C16H21F4N/c1-10-4-3-5-11(8-10)15(21-2)12-6-7-14(17)13(9-12)16(18,19)20/h6-7,9-11,15,21H,3-5,8H2,1-2H3. The third-order valence-electron chi connectivity index (χ3n) is 4.41. The molecule has 118 valence electrons. The Hall–Kier alpha value is -1.10. The predicted octanol–water partition coefficient (Wildman–Crippen LogP) is 4.93. The van der Waals surface area contributed by atoms with Gasteiger partial charge in [0.05, 0.1) is 5.56 Å². The zero-order valence-corrected chi connectivity index (χ0v) is 12.3. The molecule has 0 saturated heterocycles. The summed E-state index contributed by atoms with van der Waals surface area (Å²) in [6, 6.07) is 3.18. The van der Waals surface area contributed by atoms with Crippen molar-refractivity contribution in [3.63, 3.8) is 0 Å². The van der Waals surface area contributed by atoms with Gasteiger partial charge in [-0.3, -0.25) is 0 Å². The highest BCUT2D eigenvalue weighted by atomic mass is 19.4. The second-order valence-corrected chi connectivity index (χ2v) is 6.04. The lowest BCUT2D eigenvalue weighted by atomic mass is 9.76. The predicted molar refractivity (Wildman–Crippen MR) is 74.3 cm³/mol. The van der Waals surface area contributed by atoms with Crippen molar-refractivity contribution in [3.05, 3.63) is 35.1 Å². The molecule has 0 bridgehead atoms. The van der Waals surface area contributed by atoms with E-state index in [-0.39, 0.29) is 6.04 Å². The van der Waals surface area contributed by atoms with Gasteiger partial charge >= 0.3 is 6.18 Å². The lowest BCUT2D eigenvalue weighted by molar-refractivity contribution is -0.140. The third kappa shape index (κ3) is 3.76. The molecular weight excluding hydrogens is 282 g/mol. The first-order valence-electron chi connectivity index (χ1n) is 7.36. The van der Waals surface area contributed by atoms with Gasteiger partial charge in [0.25, 0.3) is 0 Å². The fourth-order valence-electron chi connectivity index (χ4n) is 3.41. The SMILES string of the molecule is CNC(c1ccc(F)c(C(F)(F)F)c1)C1CCCC(C)C1. The van der Waals surface area contributed by atoms with E-state index in [2.05, 4.69) is 12.2 Å². The summed E-state index contributed by atoms with van der Waals surface area (Å²) in [6.07, 6.45) is -0.404. The Morgan fingerprint density at radius 3 is 2.52 bits per heavy atom. The van der Waals surface area contributed by atoms with Gasteiger partial charge in [0.1, 0.15) is 5.82 Å². The quantitative estimate of drug-likeness (QED) is 0.781. The van der Waals surface area contributed by atoms with Crippen LogP contribution in [0.15, 0.2) is 18.2 Å². The number of halogens is 4. The largest absolute Gasteiger partial charge is 0.419 e. The minimum atomic E-state index is -4.65. The molecule has 3 atom stereocenters. The highest BCUT2D eigenvalue weighted by Gasteiger charge is 2.35. The van der Waals surface area contributed by atoms with E-state index in [0.29, 0.717) is 17.4 Å². The van der Waals surface area contributed by atoms with Crippen LogP contribution in [-0.2, 0) is 6.18 Å². The third-order valence-corrected chi connectivity index (χ3v) is 4.41. The van der Waals surface area contributed by atoms with Crippen LogP contribution in [0.4, 0.5) is 17.6 Å². The second kappa shape index (κ2) is 6.34. The van der Waals surface area contributed by atoms with E-state index in [1.165, 1.54) is 12.5 Å². The van der Waals surface area contributed by atoms with Crippen LogP contribution < -0.4 is 5.32 Å². The monoisotopic (exact) mass is 303 g/mol. The molecule has 2 rings (SSSR count). The van der Waals surface area contributed by atoms with Crippen molar-refractivity contribution in [1.82, 2.24) is 5.32 Å². The first-order valence-corrected chi connectivity index (χ1v) is 7.36. The summed E-state index contributed by atoms with van der Waals surface area (Å²) in [5.41, 5.74) is -0.658. The summed E-state index contributed by atoms with van der Waals surface area (Å²) in [7, 11) is 1.75. The van der Waals surface area contributed by atoms with Crippen molar-refractivity contribution in [1.29, 1.82) is 0 Å². The van der Waals surface area contributed by atoms with Crippen molar-refractivity contribution in [2.75, 3.05) is 7.05 Å². The summed E-state index contributed by atoms with van der Waals surface area (Å²) in [4.78, 5) is 0. The lowest BCUT2D eigenvalue weighted by Crippen LogP contribution is -2.29. The topological polar surface area (TPSA) is 12.0 Å². The van der Waals surface area contributed by atoms with Gasteiger partial charge < -0.3 is 5.32 Å². The van der Waals surface area contributed by atoms with Crippen molar-refractivity contribution < 1.29 is 17.6 Å². The number of alkyl halides is 3. The minimum absolute atomic E-state index is 0.158. The first kappa shape index (κ1) is 16.3. The molecule has 1 aliphatic rings.